The van der Waals surface area contributed by atoms with Gasteiger partial charge >= 0.3 is 0 Å². The first-order chi connectivity index (χ1) is 9.81. The van der Waals surface area contributed by atoms with E-state index in [9.17, 15) is 0 Å². The molecular formula is C17H21NO2. The standard InChI is InChI=1S/C17H21NO2/c1-2-12-19-17-11-7-6-10-15(17)16(18)13-20-14-8-4-3-5-9-14/h3-11,16H,2,12-13,18H2,1H3. The van der Waals surface area contributed by atoms with Gasteiger partial charge in [-0.2, -0.15) is 0 Å². The van der Waals surface area contributed by atoms with E-state index in [-0.39, 0.29) is 6.04 Å². The van der Waals surface area contributed by atoms with Gasteiger partial charge in [0.25, 0.3) is 0 Å². The van der Waals surface area contributed by atoms with Gasteiger partial charge in [0.05, 0.1) is 12.6 Å². The Bertz CT molecular complexity index is 513. The van der Waals surface area contributed by atoms with Crippen molar-refractivity contribution in [2.24, 2.45) is 5.73 Å². The van der Waals surface area contributed by atoms with E-state index in [0.717, 1.165) is 23.5 Å². The van der Waals surface area contributed by atoms with Crippen LogP contribution in [0.5, 0.6) is 11.5 Å². The fourth-order valence-corrected chi connectivity index (χ4v) is 1.92. The van der Waals surface area contributed by atoms with E-state index < -0.39 is 0 Å². The normalized spacial score (nSPS) is 11.9. The second kappa shape index (κ2) is 7.56. The number of rotatable bonds is 7. The lowest BCUT2D eigenvalue weighted by Crippen LogP contribution is -2.20. The average Bonchev–Trinajstić information content (AvgIpc) is 2.52. The number of benzene rings is 2. The van der Waals surface area contributed by atoms with E-state index in [1.807, 2.05) is 54.6 Å². The molecule has 0 saturated heterocycles. The van der Waals surface area contributed by atoms with Crippen LogP contribution in [0.4, 0.5) is 0 Å². The van der Waals surface area contributed by atoms with Gasteiger partial charge in [0.15, 0.2) is 0 Å². The minimum absolute atomic E-state index is 0.205. The molecule has 0 aliphatic rings. The summed E-state index contributed by atoms with van der Waals surface area (Å²) >= 11 is 0. The Balaban J connectivity index is 1.99. The molecule has 2 aromatic rings. The van der Waals surface area contributed by atoms with Crippen molar-refractivity contribution in [2.75, 3.05) is 13.2 Å². The van der Waals surface area contributed by atoms with Gasteiger partial charge in [-0.15, -0.1) is 0 Å². The Morgan fingerprint density at radius 3 is 2.40 bits per heavy atom. The molecule has 1 atom stereocenters. The Hall–Kier alpha value is -2.00. The number of ether oxygens (including phenoxy) is 2. The molecule has 3 heteroatoms. The summed E-state index contributed by atoms with van der Waals surface area (Å²) in [6, 6.07) is 17.4. The van der Waals surface area contributed by atoms with Crippen molar-refractivity contribution in [1.82, 2.24) is 0 Å². The van der Waals surface area contributed by atoms with Gasteiger partial charge in [0, 0.05) is 5.56 Å². The first kappa shape index (κ1) is 14.4. The van der Waals surface area contributed by atoms with Gasteiger partial charge in [-0.1, -0.05) is 43.3 Å². The van der Waals surface area contributed by atoms with E-state index in [4.69, 9.17) is 15.2 Å². The summed E-state index contributed by atoms with van der Waals surface area (Å²) in [7, 11) is 0. The minimum atomic E-state index is -0.205. The molecule has 0 aliphatic heterocycles. The fourth-order valence-electron chi connectivity index (χ4n) is 1.92. The van der Waals surface area contributed by atoms with Crippen LogP contribution in [0.25, 0.3) is 0 Å². The van der Waals surface area contributed by atoms with E-state index in [1.165, 1.54) is 0 Å². The van der Waals surface area contributed by atoms with Crippen LogP contribution >= 0.6 is 0 Å². The Kier molecular flexibility index (Phi) is 5.44. The molecule has 0 aromatic heterocycles. The van der Waals surface area contributed by atoms with Crippen LogP contribution in [0.1, 0.15) is 24.9 Å². The monoisotopic (exact) mass is 271 g/mol. The van der Waals surface area contributed by atoms with Crippen LogP contribution in [-0.4, -0.2) is 13.2 Å². The molecule has 1 unspecified atom stereocenters. The average molecular weight is 271 g/mol. The fraction of sp³-hybridized carbons (Fsp3) is 0.294. The Morgan fingerprint density at radius 2 is 1.65 bits per heavy atom. The zero-order valence-electron chi connectivity index (χ0n) is 11.8. The molecule has 20 heavy (non-hydrogen) atoms. The van der Waals surface area contributed by atoms with E-state index >= 15 is 0 Å². The van der Waals surface area contributed by atoms with E-state index in [2.05, 4.69) is 6.92 Å². The summed E-state index contributed by atoms with van der Waals surface area (Å²) in [6.45, 7) is 3.21. The van der Waals surface area contributed by atoms with Crippen LogP contribution in [0.15, 0.2) is 54.6 Å². The molecular weight excluding hydrogens is 250 g/mol. The predicted molar refractivity (Wildman–Crippen MR) is 81.1 cm³/mol. The van der Waals surface area contributed by atoms with Crippen LogP contribution < -0.4 is 15.2 Å². The second-order valence-corrected chi connectivity index (χ2v) is 4.62. The van der Waals surface area contributed by atoms with Gasteiger partial charge in [-0.3, -0.25) is 0 Å². The highest BCUT2D eigenvalue weighted by Crippen LogP contribution is 2.24. The van der Waals surface area contributed by atoms with Gasteiger partial charge in [0.1, 0.15) is 18.1 Å². The maximum absolute atomic E-state index is 6.21. The van der Waals surface area contributed by atoms with Crippen molar-refractivity contribution in [1.29, 1.82) is 0 Å². The third-order valence-corrected chi connectivity index (χ3v) is 2.95. The summed E-state index contributed by atoms with van der Waals surface area (Å²) in [5.74, 6) is 1.67. The highest BCUT2D eigenvalue weighted by Gasteiger charge is 2.12. The third-order valence-electron chi connectivity index (χ3n) is 2.95. The van der Waals surface area contributed by atoms with E-state index in [0.29, 0.717) is 13.2 Å². The lowest BCUT2D eigenvalue weighted by atomic mass is 10.1. The zero-order chi connectivity index (χ0) is 14.2. The van der Waals surface area contributed by atoms with Crippen molar-refractivity contribution in [3.05, 3.63) is 60.2 Å². The molecule has 106 valence electrons. The van der Waals surface area contributed by atoms with Crippen LogP contribution in [0.3, 0.4) is 0 Å². The van der Waals surface area contributed by atoms with E-state index in [1.54, 1.807) is 0 Å². The molecule has 0 radical (unpaired) electrons. The largest absolute Gasteiger partial charge is 0.493 e. The Labute approximate surface area is 120 Å². The highest BCUT2D eigenvalue weighted by atomic mass is 16.5. The minimum Gasteiger partial charge on any atom is -0.493 e. The molecule has 0 saturated carbocycles. The molecule has 0 spiro atoms. The predicted octanol–water partition coefficient (Wildman–Crippen LogP) is 3.55. The molecule has 0 bridgehead atoms. The molecule has 0 aliphatic carbocycles. The summed E-state index contributed by atoms with van der Waals surface area (Å²) in [6.07, 6.45) is 0.976. The lowest BCUT2D eigenvalue weighted by Gasteiger charge is -2.17. The first-order valence-electron chi connectivity index (χ1n) is 6.96. The number of hydrogen-bond donors (Lipinski definition) is 1. The topological polar surface area (TPSA) is 44.5 Å². The SMILES string of the molecule is CCCOc1ccccc1C(N)COc1ccccc1. The molecule has 2 aromatic carbocycles. The summed E-state index contributed by atoms with van der Waals surface area (Å²) < 4.78 is 11.4. The first-order valence-corrected chi connectivity index (χ1v) is 6.96. The van der Waals surface area contributed by atoms with Gasteiger partial charge < -0.3 is 15.2 Å². The molecule has 0 heterocycles. The van der Waals surface area contributed by atoms with Crippen molar-refractivity contribution in [3.63, 3.8) is 0 Å². The third kappa shape index (κ3) is 4.00. The van der Waals surface area contributed by atoms with Gasteiger partial charge in [0.2, 0.25) is 0 Å². The smallest absolute Gasteiger partial charge is 0.124 e. The quantitative estimate of drug-likeness (QED) is 0.837. The summed E-state index contributed by atoms with van der Waals surface area (Å²) in [5, 5.41) is 0. The molecule has 0 fully saturated rings. The van der Waals surface area contributed by atoms with Crippen molar-refractivity contribution < 1.29 is 9.47 Å². The van der Waals surface area contributed by atoms with Gasteiger partial charge in [-0.25, -0.2) is 0 Å². The number of nitrogens with two attached hydrogens (primary N) is 1. The molecule has 2 rings (SSSR count). The second-order valence-electron chi connectivity index (χ2n) is 4.62. The zero-order valence-corrected chi connectivity index (χ0v) is 11.8. The maximum atomic E-state index is 6.21. The van der Waals surface area contributed by atoms with Crippen molar-refractivity contribution >= 4 is 0 Å². The van der Waals surface area contributed by atoms with Crippen molar-refractivity contribution in [2.45, 2.75) is 19.4 Å². The van der Waals surface area contributed by atoms with Gasteiger partial charge in [-0.05, 0) is 24.6 Å². The van der Waals surface area contributed by atoms with Crippen LogP contribution in [-0.2, 0) is 0 Å². The number of para-hydroxylation sites is 2. The lowest BCUT2D eigenvalue weighted by molar-refractivity contribution is 0.278. The van der Waals surface area contributed by atoms with Crippen LogP contribution in [0.2, 0.25) is 0 Å². The molecule has 0 amide bonds. The molecule has 2 N–H and O–H groups in total. The summed E-state index contributed by atoms with van der Waals surface area (Å²) in [5.41, 5.74) is 7.19. The highest BCUT2D eigenvalue weighted by molar-refractivity contribution is 5.36. The molecule has 3 nitrogen and oxygen atoms in total. The maximum Gasteiger partial charge on any atom is 0.124 e. The number of hydrogen-bond acceptors (Lipinski definition) is 3. The van der Waals surface area contributed by atoms with Crippen molar-refractivity contribution in [3.8, 4) is 11.5 Å². The summed E-state index contributed by atoms with van der Waals surface area (Å²) in [4.78, 5) is 0. The van der Waals surface area contributed by atoms with Crippen LogP contribution in [0, 0.1) is 0 Å². The Morgan fingerprint density at radius 1 is 0.950 bits per heavy atom.